The maximum atomic E-state index is 12.7. The molecule has 164 valence electrons. The molecule has 32 heavy (non-hydrogen) atoms. The number of ether oxygens (including phenoxy) is 1. The van der Waals surface area contributed by atoms with E-state index in [2.05, 4.69) is 4.90 Å². The number of ketones is 1. The Morgan fingerprint density at radius 3 is 2.16 bits per heavy atom. The molecule has 7 heteroatoms. The number of hydrogen-bond acceptors (Lipinski definition) is 6. The molecule has 1 heterocycles. The van der Waals surface area contributed by atoms with Gasteiger partial charge in [-0.15, -0.1) is 0 Å². The molecule has 0 amide bonds. The van der Waals surface area contributed by atoms with Gasteiger partial charge in [-0.2, -0.15) is 0 Å². The van der Waals surface area contributed by atoms with Crippen LogP contribution in [0.25, 0.3) is 0 Å². The van der Waals surface area contributed by atoms with Crippen LogP contribution in [0.15, 0.2) is 72.8 Å². The summed E-state index contributed by atoms with van der Waals surface area (Å²) in [4.78, 5) is 28.4. The summed E-state index contributed by atoms with van der Waals surface area (Å²) < 4.78 is 5.75. The fourth-order valence-electron chi connectivity index (χ4n) is 4.02. The van der Waals surface area contributed by atoms with Crippen molar-refractivity contribution in [3.05, 3.63) is 94.0 Å². The number of para-hydroxylation sites is 2. The Balaban J connectivity index is 1.53. The Morgan fingerprint density at radius 2 is 1.50 bits per heavy atom. The minimum Gasteiger partial charge on any atom is -0.492 e. The number of nitrogens with zero attached hydrogens (tertiary/aromatic N) is 3. The van der Waals surface area contributed by atoms with E-state index in [1.807, 2.05) is 42.2 Å². The van der Waals surface area contributed by atoms with E-state index in [1.165, 1.54) is 6.07 Å². The molecule has 0 aromatic heterocycles. The summed E-state index contributed by atoms with van der Waals surface area (Å²) in [6, 6.07) is 21.5. The van der Waals surface area contributed by atoms with Gasteiger partial charge in [-0.3, -0.25) is 14.9 Å². The van der Waals surface area contributed by atoms with Gasteiger partial charge in [0.1, 0.15) is 11.4 Å². The highest BCUT2D eigenvalue weighted by molar-refractivity contribution is 6.09. The van der Waals surface area contributed by atoms with Gasteiger partial charge >= 0.3 is 0 Å². The van der Waals surface area contributed by atoms with Crippen molar-refractivity contribution in [2.24, 2.45) is 0 Å². The molecule has 1 aliphatic heterocycles. The van der Waals surface area contributed by atoms with Gasteiger partial charge in [0.2, 0.25) is 0 Å². The van der Waals surface area contributed by atoms with Crippen LogP contribution >= 0.6 is 0 Å². The second kappa shape index (κ2) is 9.51. The van der Waals surface area contributed by atoms with Crippen LogP contribution in [0.4, 0.5) is 17.1 Å². The molecule has 0 unspecified atom stereocenters. The van der Waals surface area contributed by atoms with Crippen LogP contribution < -0.4 is 14.5 Å². The lowest BCUT2D eigenvalue weighted by atomic mass is 10.0. The van der Waals surface area contributed by atoms with E-state index in [9.17, 15) is 14.9 Å². The Kier molecular flexibility index (Phi) is 6.35. The lowest BCUT2D eigenvalue weighted by Gasteiger charge is -2.37. The maximum absolute atomic E-state index is 12.7. The van der Waals surface area contributed by atoms with Crippen LogP contribution in [-0.2, 0) is 0 Å². The molecule has 1 aliphatic rings. The summed E-state index contributed by atoms with van der Waals surface area (Å²) in [6.07, 6.45) is 0. The number of nitro groups is 1. The van der Waals surface area contributed by atoms with Gasteiger partial charge in [0.05, 0.1) is 17.2 Å². The SMILES string of the molecule is CCOc1ccccc1N1CCN(c2ccc(C(=O)c3ccccc3)cc2[N+](=O)[O-])CC1. The van der Waals surface area contributed by atoms with Crippen LogP contribution in [0.3, 0.4) is 0 Å². The Bertz CT molecular complexity index is 1110. The predicted molar refractivity (Wildman–Crippen MR) is 125 cm³/mol. The van der Waals surface area contributed by atoms with Crippen molar-refractivity contribution >= 4 is 22.8 Å². The molecule has 0 N–H and O–H groups in total. The number of benzene rings is 3. The second-order valence-electron chi connectivity index (χ2n) is 7.53. The van der Waals surface area contributed by atoms with E-state index in [0.29, 0.717) is 49.6 Å². The van der Waals surface area contributed by atoms with Gasteiger partial charge in [0.25, 0.3) is 5.69 Å². The van der Waals surface area contributed by atoms with E-state index in [4.69, 9.17) is 4.74 Å². The van der Waals surface area contributed by atoms with Crippen molar-refractivity contribution in [2.45, 2.75) is 6.92 Å². The molecule has 0 spiro atoms. The van der Waals surface area contributed by atoms with Gasteiger partial charge in [0, 0.05) is 43.4 Å². The summed E-state index contributed by atoms with van der Waals surface area (Å²) in [5.41, 5.74) is 2.35. The van der Waals surface area contributed by atoms with Gasteiger partial charge < -0.3 is 14.5 Å². The van der Waals surface area contributed by atoms with E-state index in [-0.39, 0.29) is 11.5 Å². The lowest BCUT2D eigenvalue weighted by Crippen LogP contribution is -2.46. The zero-order valence-corrected chi connectivity index (χ0v) is 17.9. The highest BCUT2D eigenvalue weighted by Crippen LogP contribution is 2.33. The van der Waals surface area contributed by atoms with Crippen molar-refractivity contribution in [1.82, 2.24) is 0 Å². The lowest BCUT2D eigenvalue weighted by molar-refractivity contribution is -0.384. The largest absolute Gasteiger partial charge is 0.492 e. The van der Waals surface area contributed by atoms with Crippen LogP contribution in [0, 0.1) is 10.1 Å². The van der Waals surface area contributed by atoms with Crippen molar-refractivity contribution in [3.63, 3.8) is 0 Å². The average Bonchev–Trinajstić information content (AvgIpc) is 2.84. The Labute approximate surface area is 187 Å². The molecule has 7 nitrogen and oxygen atoms in total. The third-order valence-electron chi connectivity index (χ3n) is 5.60. The molecule has 0 bridgehead atoms. The average molecular weight is 431 g/mol. The highest BCUT2D eigenvalue weighted by atomic mass is 16.6. The van der Waals surface area contributed by atoms with E-state index >= 15 is 0 Å². The first-order valence-electron chi connectivity index (χ1n) is 10.7. The van der Waals surface area contributed by atoms with Crippen molar-refractivity contribution in [3.8, 4) is 5.75 Å². The van der Waals surface area contributed by atoms with Crippen LogP contribution in [0.2, 0.25) is 0 Å². The molecule has 4 rings (SSSR count). The standard InChI is InChI=1S/C25H25N3O4/c1-2-32-24-11-7-6-10-22(24)27-16-14-26(15-17-27)21-13-12-20(18-23(21)28(30)31)25(29)19-8-4-3-5-9-19/h3-13,18H,2,14-17H2,1H3. The van der Waals surface area contributed by atoms with Gasteiger partial charge in [0.15, 0.2) is 5.78 Å². The second-order valence-corrected chi connectivity index (χ2v) is 7.53. The zero-order chi connectivity index (χ0) is 22.5. The first kappa shape index (κ1) is 21.4. The van der Waals surface area contributed by atoms with Crippen LogP contribution in [-0.4, -0.2) is 43.5 Å². The number of nitro benzene ring substituents is 1. The van der Waals surface area contributed by atoms with Crippen LogP contribution in [0.5, 0.6) is 5.75 Å². The first-order valence-corrected chi connectivity index (χ1v) is 10.7. The number of hydrogen-bond donors (Lipinski definition) is 0. The summed E-state index contributed by atoms with van der Waals surface area (Å²) >= 11 is 0. The minimum absolute atomic E-state index is 0.0463. The molecule has 3 aromatic rings. The van der Waals surface area contributed by atoms with Crippen molar-refractivity contribution in [2.75, 3.05) is 42.6 Å². The monoisotopic (exact) mass is 431 g/mol. The molecule has 0 radical (unpaired) electrons. The molecule has 0 aliphatic carbocycles. The zero-order valence-electron chi connectivity index (χ0n) is 17.9. The van der Waals surface area contributed by atoms with Crippen LogP contribution in [0.1, 0.15) is 22.8 Å². The normalized spacial score (nSPS) is 13.7. The number of carbonyl (C=O) groups excluding carboxylic acids is 1. The maximum Gasteiger partial charge on any atom is 0.293 e. The number of rotatable bonds is 7. The fraction of sp³-hybridized carbons (Fsp3) is 0.240. The molecule has 0 saturated carbocycles. The highest BCUT2D eigenvalue weighted by Gasteiger charge is 2.26. The molecule has 1 saturated heterocycles. The number of carbonyl (C=O) groups is 1. The molecule has 3 aromatic carbocycles. The summed E-state index contributed by atoms with van der Waals surface area (Å²) in [6.45, 7) is 5.25. The van der Waals surface area contributed by atoms with E-state index in [0.717, 1.165) is 11.4 Å². The first-order chi connectivity index (χ1) is 15.6. The smallest absolute Gasteiger partial charge is 0.293 e. The third-order valence-corrected chi connectivity index (χ3v) is 5.60. The Hall–Kier alpha value is -3.87. The van der Waals surface area contributed by atoms with Gasteiger partial charge in [-0.1, -0.05) is 42.5 Å². The summed E-state index contributed by atoms with van der Waals surface area (Å²) in [7, 11) is 0. The summed E-state index contributed by atoms with van der Waals surface area (Å²) in [5, 5.41) is 11.8. The molecule has 1 fully saturated rings. The summed E-state index contributed by atoms with van der Waals surface area (Å²) in [5.74, 6) is 0.621. The molecular weight excluding hydrogens is 406 g/mol. The van der Waals surface area contributed by atoms with E-state index < -0.39 is 4.92 Å². The minimum atomic E-state index is -0.409. The van der Waals surface area contributed by atoms with Gasteiger partial charge in [-0.05, 0) is 31.2 Å². The molecule has 0 atom stereocenters. The quantitative estimate of drug-likeness (QED) is 0.310. The Morgan fingerprint density at radius 1 is 0.875 bits per heavy atom. The third kappa shape index (κ3) is 4.42. The fourth-order valence-corrected chi connectivity index (χ4v) is 4.02. The van der Waals surface area contributed by atoms with Crippen molar-refractivity contribution in [1.29, 1.82) is 0 Å². The topological polar surface area (TPSA) is 75.9 Å². The number of anilines is 2. The molecular formula is C25H25N3O4. The van der Waals surface area contributed by atoms with Gasteiger partial charge in [-0.25, -0.2) is 0 Å². The van der Waals surface area contributed by atoms with E-state index in [1.54, 1.807) is 36.4 Å². The predicted octanol–water partition coefficient (Wildman–Crippen LogP) is 4.55. The number of piperazine rings is 1. The van der Waals surface area contributed by atoms with Crippen molar-refractivity contribution < 1.29 is 14.5 Å².